The first kappa shape index (κ1) is 13.1. The van der Waals surface area contributed by atoms with Crippen LogP contribution in [0.4, 0.5) is 0 Å². The number of nitrogens with one attached hydrogen (secondary N) is 1. The maximum absolute atomic E-state index is 11.9. The van der Waals surface area contributed by atoms with E-state index in [1.807, 2.05) is 25.1 Å². The molecule has 0 bridgehead atoms. The van der Waals surface area contributed by atoms with Gasteiger partial charge >= 0.3 is 0 Å². The smallest absolute Gasteiger partial charge is 0.224 e. The van der Waals surface area contributed by atoms with E-state index in [-0.39, 0.29) is 24.1 Å². The van der Waals surface area contributed by atoms with Crippen LogP contribution in [0, 0.1) is 0 Å². The minimum Gasteiger partial charge on any atom is -0.508 e. The standard InChI is InChI=1S/C15H16N2O2/c1-11(13-5-3-7-16-10-13)17-15(19)9-12-4-2-6-14(18)8-12/h2-8,10-11,18H,9H2,1H3,(H,17,19). The van der Waals surface area contributed by atoms with Crippen molar-refractivity contribution < 1.29 is 9.90 Å². The number of hydrogen-bond donors (Lipinski definition) is 2. The van der Waals surface area contributed by atoms with Crippen molar-refractivity contribution in [3.05, 3.63) is 59.9 Å². The van der Waals surface area contributed by atoms with Crippen LogP contribution in [0.5, 0.6) is 5.75 Å². The third-order valence-electron chi connectivity index (χ3n) is 2.84. The van der Waals surface area contributed by atoms with Gasteiger partial charge in [0.25, 0.3) is 0 Å². The number of nitrogens with zero attached hydrogens (tertiary/aromatic N) is 1. The van der Waals surface area contributed by atoms with Gasteiger partial charge in [0, 0.05) is 12.4 Å². The van der Waals surface area contributed by atoms with Crippen molar-refractivity contribution in [3.63, 3.8) is 0 Å². The summed E-state index contributed by atoms with van der Waals surface area (Å²) in [6.07, 6.45) is 3.68. The summed E-state index contributed by atoms with van der Waals surface area (Å²) in [5.74, 6) is 0.0903. The molecule has 1 aromatic carbocycles. The van der Waals surface area contributed by atoms with E-state index < -0.39 is 0 Å². The molecule has 0 fully saturated rings. The summed E-state index contributed by atoms with van der Waals surface area (Å²) >= 11 is 0. The summed E-state index contributed by atoms with van der Waals surface area (Å²) in [6.45, 7) is 1.91. The first-order valence-corrected chi connectivity index (χ1v) is 6.12. The van der Waals surface area contributed by atoms with Crippen LogP contribution in [0.3, 0.4) is 0 Å². The maximum atomic E-state index is 11.9. The molecule has 0 radical (unpaired) electrons. The Morgan fingerprint density at radius 3 is 2.89 bits per heavy atom. The molecule has 2 rings (SSSR count). The van der Waals surface area contributed by atoms with E-state index in [2.05, 4.69) is 10.3 Å². The van der Waals surface area contributed by atoms with Crippen LogP contribution in [0.15, 0.2) is 48.8 Å². The summed E-state index contributed by atoms with van der Waals surface area (Å²) < 4.78 is 0. The predicted molar refractivity (Wildman–Crippen MR) is 72.6 cm³/mol. The summed E-state index contributed by atoms with van der Waals surface area (Å²) in [4.78, 5) is 15.9. The second-order valence-corrected chi connectivity index (χ2v) is 4.42. The number of phenols is 1. The molecule has 0 saturated carbocycles. The molecule has 0 aliphatic carbocycles. The Labute approximate surface area is 112 Å². The molecule has 2 N–H and O–H groups in total. The highest BCUT2D eigenvalue weighted by molar-refractivity contribution is 5.79. The van der Waals surface area contributed by atoms with E-state index in [0.29, 0.717) is 0 Å². The molecule has 0 aliphatic rings. The van der Waals surface area contributed by atoms with E-state index in [1.165, 1.54) is 0 Å². The van der Waals surface area contributed by atoms with Crippen LogP contribution in [0.2, 0.25) is 0 Å². The third-order valence-corrected chi connectivity index (χ3v) is 2.84. The number of rotatable bonds is 4. The van der Waals surface area contributed by atoms with Crippen LogP contribution in [-0.4, -0.2) is 16.0 Å². The Morgan fingerprint density at radius 2 is 2.21 bits per heavy atom. The molecule has 19 heavy (non-hydrogen) atoms. The van der Waals surface area contributed by atoms with Crippen LogP contribution in [-0.2, 0) is 11.2 Å². The van der Waals surface area contributed by atoms with Gasteiger partial charge < -0.3 is 10.4 Å². The number of phenolic OH excluding ortho intramolecular Hbond substituents is 1. The Bertz CT molecular complexity index is 555. The Kier molecular flexibility index (Phi) is 4.13. The maximum Gasteiger partial charge on any atom is 0.224 e. The molecular weight excluding hydrogens is 240 g/mol. The van der Waals surface area contributed by atoms with Crippen molar-refractivity contribution >= 4 is 5.91 Å². The Balaban J connectivity index is 1.95. The molecule has 1 aromatic heterocycles. The molecule has 1 atom stereocenters. The molecule has 1 heterocycles. The number of amides is 1. The summed E-state index contributed by atoms with van der Waals surface area (Å²) in [5, 5.41) is 12.2. The van der Waals surface area contributed by atoms with Crippen molar-refractivity contribution in [2.75, 3.05) is 0 Å². The van der Waals surface area contributed by atoms with Crippen molar-refractivity contribution in [1.82, 2.24) is 10.3 Å². The van der Waals surface area contributed by atoms with E-state index in [9.17, 15) is 9.90 Å². The normalized spacial score (nSPS) is 11.8. The van der Waals surface area contributed by atoms with Gasteiger partial charge in [0.1, 0.15) is 5.75 Å². The molecule has 0 spiro atoms. The second-order valence-electron chi connectivity index (χ2n) is 4.42. The van der Waals surface area contributed by atoms with Gasteiger partial charge in [-0.1, -0.05) is 18.2 Å². The first-order chi connectivity index (χ1) is 9.15. The summed E-state index contributed by atoms with van der Waals surface area (Å²) in [7, 11) is 0. The lowest BCUT2D eigenvalue weighted by Crippen LogP contribution is -2.28. The number of benzene rings is 1. The van der Waals surface area contributed by atoms with Crippen LogP contribution in [0.1, 0.15) is 24.1 Å². The molecule has 4 heteroatoms. The largest absolute Gasteiger partial charge is 0.508 e. The number of aromatic hydroxyl groups is 1. The summed E-state index contributed by atoms with van der Waals surface area (Å²) in [5.41, 5.74) is 1.75. The molecule has 2 aromatic rings. The van der Waals surface area contributed by atoms with E-state index >= 15 is 0 Å². The molecule has 1 unspecified atom stereocenters. The van der Waals surface area contributed by atoms with Gasteiger partial charge in [-0.25, -0.2) is 0 Å². The topological polar surface area (TPSA) is 62.2 Å². The highest BCUT2D eigenvalue weighted by Crippen LogP contribution is 2.13. The molecule has 0 aliphatic heterocycles. The van der Waals surface area contributed by atoms with Gasteiger partial charge in [0.2, 0.25) is 5.91 Å². The minimum absolute atomic E-state index is 0.0815. The van der Waals surface area contributed by atoms with E-state index in [0.717, 1.165) is 11.1 Å². The lowest BCUT2D eigenvalue weighted by atomic mass is 10.1. The van der Waals surface area contributed by atoms with Crippen LogP contribution >= 0.6 is 0 Å². The molecule has 0 saturated heterocycles. The van der Waals surface area contributed by atoms with Gasteiger partial charge in [-0.2, -0.15) is 0 Å². The van der Waals surface area contributed by atoms with Crippen molar-refractivity contribution in [2.24, 2.45) is 0 Å². The van der Waals surface area contributed by atoms with E-state index in [1.54, 1.807) is 30.6 Å². The van der Waals surface area contributed by atoms with Crippen molar-refractivity contribution in [1.29, 1.82) is 0 Å². The third kappa shape index (κ3) is 3.81. The highest BCUT2D eigenvalue weighted by Gasteiger charge is 2.10. The molecule has 4 nitrogen and oxygen atoms in total. The molecular formula is C15H16N2O2. The SMILES string of the molecule is CC(NC(=O)Cc1cccc(O)c1)c1cccnc1. The zero-order valence-electron chi connectivity index (χ0n) is 10.7. The number of aromatic nitrogens is 1. The van der Waals surface area contributed by atoms with Gasteiger partial charge in [-0.3, -0.25) is 9.78 Å². The fourth-order valence-corrected chi connectivity index (χ4v) is 1.86. The van der Waals surface area contributed by atoms with Gasteiger partial charge in [0.05, 0.1) is 12.5 Å². The van der Waals surface area contributed by atoms with Crippen LogP contribution < -0.4 is 5.32 Å². The lowest BCUT2D eigenvalue weighted by Gasteiger charge is -2.13. The number of pyridine rings is 1. The van der Waals surface area contributed by atoms with E-state index in [4.69, 9.17) is 0 Å². The fraction of sp³-hybridized carbons (Fsp3) is 0.200. The van der Waals surface area contributed by atoms with Gasteiger partial charge in [-0.15, -0.1) is 0 Å². The summed E-state index contributed by atoms with van der Waals surface area (Å²) in [6, 6.07) is 10.4. The van der Waals surface area contributed by atoms with Gasteiger partial charge in [0.15, 0.2) is 0 Å². The zero-order valence-corrected chi connectivity index (χ0v) is 10.7. The average molecular weight is 256 g/mol. The molecule has 1 amide bonds. The van der Waals surface area contributed by atoms with Crippen molar-refractivity contribution in [3.8, 4) is 5.75 Å². The second kappa shape index (κ2) is 6.00. The average Bonchev–Trinajstić information content (AvgIpc) is 2.39. The fourth-order valence-electron chi connectivity index (χ4n) is 1.86. The quantitative estimate of drug-likeness (QED) is 0.881. The number of hydrogen-bond acceptors (Lipinski definition) is 3. The number of carbonyl (C=O) groups is 1. The number of carbonyl (C=O) groups excluding carboxylic acids is 1. The highest BCUT2D eigenvalue weighted by atomic mass is 16.3. The molecule has 98 valence electrons. The van der Waals surface area contributed by atoms with Gasteiger partial charge in [-0.05, 0) is 36.2 Å². The lowest BCUT2D eigenvalue weighted by molar-refractivity contribution is -0.121. The minimum atomic E-state index is -0.0847. The monoisotopic (exact) mass is 256 g/mol. The van der Waals surface area contributed by atoms with Crippen molar-refractivity contribution in [2.45, 2.75) is 19.4 Å². The zero-order chi connectivity index (χ0) is 13.7. The van der Waals surface area contributed by atoms with Crippen LogP contribution in [0.25, 0.3) is 0 Å². The first-order valence-electron chi connectivity index (χ1n) is 6.12. The predicted octanol–water partition coefficient (Wildman–Crippen LogP) is 2.21. The Morgan fingerprint density at radius 1 is 1.37 bits per heavy atom. The Hall–Kier alpha value is -2.36.